The van der Waals surface area contributed by atoms with Crippen LogP contribution < -0.4 is 5.32 Å². The molecule has 1 N–H and O–H groups in total. The summed E-state index contributed by atoms with van der Waals surface area (Å²) < 4.78 is 0. The summed E-state index contributed by atoms with van der Waals surface area (Å²) in [4.78, 5) is 8.87. The van der Waals surface area contributed by atoms with E-state index in [2.05, 4.69) is 39.6 Å². The Balaban J connectivity index is 1.90. The van der Waals surface area contributed by atoms with E-state index in [1.54, 1.807) is 0 Å². The Morgan fingerprint density at radius 2 is 2.05 bits per heavy atom. The molecule has 1 aliphatic carbocycles. The topological polar surface area (TPSA) is 37.8 Å². The lowest BCUT2D eigenvalue weighted by molar-refractivity contribution is 0.419. The van der Waals surface area contributed by atoms with E-state index >= 15 is 0 Å². The van der Waals surface area contributed by atoms with Crippen molar-refractivity contribution in [2.45, 2.75) is 38.1 Å². The van der Waals surface area contributed by atoms with Crippen molar-refractivity contribution in [2.75, 3.05) is 7.05 Å². The molecule has 20 heavy (non-hydrogen) atoms. The normalized spacial score (nSPS) is 16.7. The highest BCUT2D eigenvalue weighted by atomic mass is 14.9. The molecule has 0 spiro atoms. The van der Waals surface area contributed by atoms with Crippen LogP contribution in [0, 0.1) is 6.92 Å². The summed E-state index contributed by atoms with van der Waals surface area (Å²) in [6.45, 7) is 1.96. The number of nitrogens with one attached hydrogen (secondary N) is 1. The first-order valence-corrected chi connectivity index (χ1v) is 7.33. The highest BCUT2D eigenvalue weighted by Crippen LogP contribution is 2.37. The molecule has 1 aliphatic rings. The molecular formula is C17H21N3. The smallest absolute Gasteiger partial charge is 0.0801 e. The van der Waals surface area contributed by atoms with Gasteiger partial charge in [-0.1, -0.05) is 30.7 Å². The van der Waals surface area contributed by atoms with Gasteiger partial charge in [0.25, 0.3) is 0 Å². The zero-order valence-corrected chi connectivity index (χ0v) is 12.1. The van der Waals surface area contributed by atoms with Gasteiger partial charge in [0, 0.05) is 6.20 Å². The predicted octanol–water partition coefficient (Wildman–Crippen LogP) is 3.36. The molecule has 0 bridgehead atoms. The van der Waals surface area contributed by atoms with Gasteiger partial charge in [-0.25, -0.2) is 0 Å². The molecule has 3 rings (SSSR count). The lowest BCUT2D eigenvalue weighted by atomic mass is 9.79. The average molecular weight is 267 g/mol. The second-order valence-electron chi connectivity index (χ2n) is 5.60. The third-order valence-corrected chi connectivity index (χ3v) is 4.21. The molecule has 104 valence electrons. The predicted molar refractivity (Wildman–Crippen MR) is 80.7 cm³/mol. The van der Waals surface area contributed by atoms with Crippen LogP contribution in [0.5, 0.6) is 0 Å². The molecule has 1 saturated carbocycles. The van der Waals surface area contributed by atoms with Crippen molar-refractivity contribution in [3.8, 4) is 0 Å². The number of rotatable bonds is 4. The van der Waals surface area contributed by atoms with Crippen molar-refractivity contribution < 1.29 is 0 Å². The van der Waals surface area contributed by atoms with Gasteiger partial charge in [0.2, 0.25) is 0 Å². The molecule has 0 amide bonds. The van der Waals surface area contributed by atoms with E-state index < -0.39 is 0 Å². The van der Waals surface area contributed by atoms with Crippen LogP contribution in [0.1, 0.15) is 53.7 Å². The Morgan fingerprint density at radius 1 is 1.20 bits per heavy atom. The highest BCUT2D eigenvalue weighted by molar-refractivity contribution is 5.33. The minimum atomic E-state index is 0.114. The summed E-state index contributed by atoms with van der Waals surface area (Å²) in [5, 5.41) is 3.35. The first-order chi connectivity index (χ1) is 9.78. The highest BCUT2D eigenvalue weighted by Gasteiger charge is 2.21. The molecular weight excluding hydrogens is 246 g/mol. The number of hydrogen-bond acceptors (Lipinski definition) is 3. The Labute approximate surface area is 120 Å². The van der Waals surface area contributed by atoms with Gasteiger partial charge >= 0.3 is 0 Å². The number of benzene rings is 1. The SMILES string of the molecule is CNC(c1cccc(C2CCC2)c1)c1cnc(C)cn1. The van der Waals surface area contributed by atoms with Gasteiger partial charge in [-0.15, -0.1) is 0 Å². The Morgan fingerprint density at radius 3 is 2.65 bits per heavy atom. The third-order valence-electron chi connectivity index (χ3n) is 4.21. The molecule has 0 aliphatic heterocycles. The number of nitrogens with zero attached hydrogens (tertiary/aromatic N) is 2. The van der Waals surface area contributed by atoms with Crippen molar-refractivity contribution in [1.29, 1.82) is 0 Å². The van der Waals surface area contributed by atoms with E-state index in [1.807, 2.05) is 26.4 Å². The second-order valence-corrected chi connectivity index (χ2v) is 5.60. The molecule has 1 unspecified atom stereocenters. The molecule has 1 atom stereocenters. The zero-order valence-electron chi connectivity index (χ0n) is 12.1. The molecule has 3 heteroatoms. The van der Waals surface area contributed by atoms with Crippen LogP contribution in [0.25, 0.3) is 0 Å². The first kappa shape index (κ1) is 13.3. The van der Waals surface area contributed by atoms with Gasteiger partial charge in [-0.2, -0.15) is 0 Å². The molecule has 1 aromatic carbocycles. The standard InChI is InChI=1S/C17H21N3/c1-12-10-20-16(11-19-12)17(18-2)15-8-4-7-14(9-15)13-5-3-6-13/h4,7-11,13,17-18H,3,5-6H2,1-2H3. The maximum atomic E-state index is 4.51. The first-order valence-electron chi connectivity index (χ1n) is 7.33. The quantitative estimate of drug-likeness (QED) is 0.923. The minimum absolute atomic E-state index is 0.114. The zero-order chi connectivity index (χ0) is 13.9. The van der Waals surface area contributed by atoms with Gasteiger partial charge in [0.05, 0.1) is 23.6 Å². The summed E-state index contributed by atoms with van der Waals surface area (Å²) in [5.41, 5.74) is 4.67. The molecule has 3 nitrogen and oxygen atoms in total. The minimum Gasteiger partial charge on any atom is -0.308 e. The summed E-state index contributed by atoms with van der Waals surface area (Å²) in [5.74, 6) is 0.761. The molecule has 0 saturated heterocycles. The van der Waals surface area contributed by atoms with Crippen molar-refractivity contribution >= 4 is 0 Å². The van der Waals surface area contributed by atoms with E-state index in [0.717, 1.165) is 17.3 Å². The van der Waals surface area contributed by atoms with Gasteiger partial charge in [-0.05, 0) is 43.9 Å². The van der Waals surface area contributed by atoms with Crippen molar-refractivity contribution in [3.05, 3.63) is 59.2 Å². The fraction of sp³-hybridized carbons (Fsp3) is 0.412. The van der Waals surface area contributed by atoms with Crippen LogP contribution in [0.4, 0.5) is 0 Å². The molecule has 1 aromatic heterocycles. The van der Waals surface area contributed by atoms with Crippen LogP contribution in [0.15, 0.2) is 36.7 Å². The third kappa shape index (κ3) is 2.59. The summed E-state index contributed by atoms with van der Waals surface area (Å²) in [6.07, 6.45) is 7.73. The summed E-state index contributed by atoms with van der Waals surface area (Å²) in [7, 11) is 1.97. The van der Waals surface area contributed by atoms with Crippen LogP contribution in [0.3, 0.4) is 0 Å². The number of aromatic nitrogens is 2. The maximum Gasteiger partial charge on any atom is 0.0801 e. The molecule has 0 radical (unpaired) electrons. The lowest BCUT2D eigenvalue weighted by Gasteiger charge is -2.27. The van der Waals surface area contributed by atoms with Crippen LogP contribution in [-0.4, -0.2) is 17.0 Å². The second kappa shape index (κ2) is 5.71. The summed E-state index contributed by atoms with van der Waals surface area (Å²) >= 11 is 0. The summed E-state index contributed by atoms with van der Waals surface area (Å²) in [6, 6.07) is 9.02. The van der Waals surface area contributed by atoms with Crippen LogP contribution in [0.2, 0.25) is 0 Å². The van der Waals surface area contributed by atoms with Crippen molar-refractivity contribution in [2.24, 2.45) is 0 Å². The van der Waals surface area contributed by atoms with E-state index in [4.69, 9.17) is 0 Å². The average Bonchev–Trinajstić information content (AvgIpc) is 2.40. The van der Waals surface area contributed by atoms with Crippen LogP contribution >= 0.6 is 0 Å². The lowest BCUT2D eigenvalue weighted by Crippen LogP contribution is -2.20. The molecule has 1 fully saturated rings. The van der Waals surface area contributed by atoms with E-state index in [-0.39, 0.29) is 6.04 Å². The maximum absolute atomic E-state index is 4.51. The molecule has 1 heterocycles. The monoisotopic (exact) mass is 267 g/mol. The van der Waals surface area contributed by atoms with Gasteiger partial charge in [0.1, 0.15) is 0 Å². The van der Waals surface area contributed by atoms with E-state index in [0.29, 0.717) is 0 Å². The van der Waals surface area contributed by atoms with Gasteiger partial charge < -0.3 is 5.32 Å². The van der Waals surface area contributed by atoms with Gasteiger partial charge in [-0.3, -0.25) is 9.97 Å². The van der Waals surface area contributed by atoms with E-state index in [1.165, 1.54) is 30.4 Å². The molecule has 2 aromatic rings. The number of aryl methyl sites for hydroxylation is 1. The van der Waals surface area contributed by atoms with Crippen molar-refractivity contribution in [1.82, 2.24) is 15.3 Å². The van der Waals surface area contributed by atoms with E-state index in [9.17, 15) is 0 Å². The fourth-order valence-corrected chi connectivity index (χ4v) is 2.77. The fourth-order valence-electron chi connectivity index (χ4n) is 2.77. The largest absolute Gasteiger partial charge is 0.308 e. The Bertz CT molecular complexity index is 573. The Kier molecular flexibility index (Phi) is 3.79. The number of hydrogen-bond donors (Lipinski definition) is 1. The Hall–Kier alpha value is -1.74. The van der Waals surface area contributed by atoms with Gasteiger partial charge in [0.15, 0.2) is 0 Å². The van der Waals surface area contributed by atoms with Crippen LogP contribution in [-0.2, 0) is 0 Å². The van der Waals surface area contributed by atoms with Crippen molar-refractivity contribution in [3.63, 3.8) is 0 Å².